The quantitative estimate of drug-likeness (QED) is 0.597. The number of hydrogen-bond acceptors (Lipinski definition) is 4. The highest BCUT2D eigenvalue weighted by atomic mass is 16.8. The molecule has 0 spiro atoms. The Bertz CT molecular complexity index is 188. The highest BCUT2D eigenvalue weighted by molar-refractivity contribution is 5.73. The van der Waals surface area contributed by atoms with Crippen molar-refractivity contribution in [1.29, 1.82) is 0 Å². The summed E-state index contributed by atoms with van der Waals surface area (Å²) in [6.07, 6.45) is -1.83. The van der Waals surface area contributed by atoms with Crippen LogP contribution in [0.1, 0.15) is 13.8 Å². The van der Waals surface area contributed by atoms with Crippen molar-refractivity contribution >= 4 is 5.97 Å². The molecule has 1 saturated heterocycles. The highest BCUT2D eigenvalue weighted by Gasteiger charge is 2.44. The van der Waals surface area contributed by atoms with E-state index in [1.165, 1.54) is 0 Å². The normalized spacial score (nSPS) is 33.6. The summed E-state index contributed by atoms with van der Waals surface area (Å²) >= 11 is 0. The Labute approximate surface area is 69.9 Å². The molecule has 0 aromatic rings. The van der Waals surface area contributed by atoms with Gasteiger partial charge in [-0.05, 0) is 13.8 Å². The summed E-state index contributed by atoms with van der Waals surface area (Å²) in [6, 6.07) is 0. The van der Waals surface area contributed by atoms with Gasteiger partial charge >= 0.3 is 5.97 Å². The number of ether oxygens (including phenoxy) is 2. The van der Waals surface area contributed by atoms with Gasteiger partial charge in [-0.25, -0.2) is 4.79 Å². The maximum atomic E-state index is 10.5. The van der Waals surface area contributed by atoms with Crippen molar-refractivity contribution in [1.82, 2.24) is 0 Å². The van der Waals surface area contributed by atoms with E-state index in [2.05, 4.69) is 0 Å². The molecule has 0 saturated carbocycles. The van der Waals surface area contributed by atoms with E-state index in [4.69, 9.17) is 19.7 Å². The summed E-state index contributed by atoms with van der Waals surface area (Å²) in [5.41, 5.74) is 0. The first-order valence-corrected chi connectivity index (χ1v) is 3.65. The van der Waals surface area contributed by atoms with Crippen molar-refractivity contribution in [3.05, 3.63) is 0 Å². The second kappa shape index (κ2) is 3.01. The Morgan fingerprint density at radius 2 is 2.08 bits per heavy atom. The van der Waals surface area contributed by atoms with E-state index in [-0.39, 0.29) is 6.61 Å². The Morgan fingerprint density at radius 3 is 2.42 bits per heavy atom. The van der Waals surface area contributed by atoms with Crippen LogP contribution in [0.5, 0.6) is 0 Å². The number of aliphatic hydroxyl groups is 1. The van der Waals surface area contributed by atoms with Crippen LogP contribution >= 0.6 is 0 Å². The lowest BCUT2D eigenvalue weighted by atomic mass is 10.2. The first-order valence-electron chi connectivity index (χ1n) is 3.65. The molecular weight excluding hydrogens is 164 g/mol. The number of aliphatic carboxylic acids is 1. The summed E-state index contributed by atoms with van der Waals surface area (Å²) < 4.78 is 10.2. The molecule has 1 aliphatic heterocycles. The fraction of sp³-hybridized carbons (Fsp3) is 0.857. The standard InChI is InChI=1S/C7H12O5/c1-7(2)11-4(3-8)5(12-7)6(9)10/h4-5,8H,3H2,1-2H3,(H,9,10)/t4-,5-/m0/s1. The third kappa shape index (κ3) is 1.74. The molecule has 0 aliphatic carbocycles. The number of rotatable bonds is 2. The molecule has 0 amide bonds. The highest BCUT2D eigenvalue weighted by Crippen LogP contribution is 2.27. The van der Waals surface area contributed by atoms with E-state index >= 15 is 0 Å². The van der Waals surface area contributed by atoms with Gasteiger partial charge < -0.3 is 19.7 Å². The molecule has 0 radical (unpaired) electrons. The fourth-order valence-corrected chi connectivity index (χ4v) is 1.18. The van der Waals surface area contributed by atoms with Gasteiger partial charge in [0.1, 0.15) is 6.10 Å². The van der Waals surface area contributed by atoms with Gasteiger partial charge in [0.25, 0.3) is 0 Å². The lowest BCUT2D eigenvalue weighted by Crippen LogP contribution is -2.33. The van der Waals surface area contributed by atoms with Crippen LogP contribution in [0.3, 0.4) is 0 Å². The Hall–Kier alpha value is -0.650. The van der Waals surface area contributed by atoms with Crippen molar-refractivity contribution in [2.75, 3.05) is 6.61 Å². The zero-order valence-corrected chi connectivity index (χ0v) is 6.98. The smallest absolute Gasteiger partial charge is 0.335 e. The zero-order chi connectivity index (χ0) is 9.35. The van der Waals surface area contributed by atoms with Crippen LogP contribution in [0.25, 0.3) is 0 Å². The zero-order valence-electron chi connectivity index (χ0n) is 6.98. The molecule has 5 heteroatoms. The second-order valence-corrected chi connectivity index (χ2v) is 3.12. The summed E-state index contributed by atoms with van der Waals surface area (Å²) in [5.74, 6) is -2.03. The van der Waals surface area contributed by atoms with Gasteiger partial charge in [0.2, 0.25) is 0 Å². The maximum absolute atomic E-state index is 10.5. The van der Waals surface area contributed by atoms with E-state index in [0.29, 0.717) is 0 Å². The molecular formula is C7H12O5. The molecule has 1 heterocycles. The molecule has 1 fully saturated rings. The SMILES string of the molecule is CC1(C)O[C@@H](CO)[C@@H](C(=O)O)O1. The molecule has 0 aromatic heterocycles. The van der Waals surface area contributed by atoms with Crippen LogP contribution in [0.15, 0.2) is 0 Å². The molecule has 5 nitrogen and oxygen atoms in total. The van der Waals surface area contributed by atoms with Crippen LogP contribution in [-0.4, -0.2) is 40.8 Å². The Morgan fingerprint density at radius 1 is 1.50 bits per heavy atom. The van der Waals surface area contributed by atoms with Gasteiger partial charge in [0.15, 0.2) is 11.9 Å². The second-order valence-electron chi connectivity index (χ2n) is 3.12. The van der Waals surface area contributed by atoms with E-state index in [9.17, 15) is 4.79 Å². The minimum atomic E-state index is -1.11. The first kappa shape index (κ1) is 9.44. The van der Waals surface area contributed by atoms with Crippen LogP contribution < -0.4 is 0 Å². The topological polar surface area (TPSA) is 76.0 Å². The third-order valence-corrected chi connectivity index (χ3v) is 1.61. The van der Waals surface area contributed by atoms with Crippen molar-refractivity contribution in [2.45, 2.75) is 31.8 Å². The lowest BCUT2D eigenvalue weighted by Gasteiger charge is -2.15. The van der Waals surface area contributed by atoms with Gasteiger partial charge in [-0.2, -0.15) is 0 Å². The Kier molecular flexibility index (Phi) is 2.36. The minimum absolute atomic E-state index is 0.347. The number of aliphatic hydroxyl groups excluding tert-OH is 1. The van der Waals surface area contributed by atoms with E-state index < -0.39 is 24.0 Å². The minimum Gasteiger partial charge on any atom is -0.479 e. The van der Waals surface area contributed by atoms with E-state index in [1.54, 1.807) is 13.8 Å². The molecule has 0 aromatic carbocycles. The van der Waals surface area contributed by atoms with Gasteiger partial charge in [-0.15, -0.1) is 0 Å². The maximum Gasteiger partial charge on any atom is 0.335 e. The van der Waals surface area contributed by atoms with Gasteiger partial charge in [0.05, 0.1) is 6.61 Å². The molecule has 1 rings (SSSR count). The summed E-state index contributed by atoms with van der Waals surface area (Å²) in [5, 5.41) is 17.4. The third-order valence-electron chi connectivity index (χ3n) is 1.61. The van der Waals surface area contributed by atoms with Crippen LogP contribution in [-0.2, 0) is 14.3 Å². The molecule has 2 N–H and O–H groups in total. The largest absolute Gasteiger partial charge is 0.479 e. The van der Waals surface area contributed by atoms with Gasteiger partial charge in [-0.1, -0.05) is 0 Å². The average molecular weight is 176 g/mol. The summed E-state index contributed by atoms with van der Waals surface area (Å²) in [4.78, 5) is 10.5. The lowest BCUT2D eigenvalue weighted by molar-refractivity contribution is -0.166. The number of carboxylic acids is 1. The van der Waals surface area contributed by atoms with Crippen molar-refractivity contribution in [2.24, 2.45) is 0 Å². The van der Waals surface area contributed by atoms with E-state index in [0.717, 1.165) is 0 Å². The fourth-order valence-electron chi connectivity index (χ4n) is 1.18. The number of carboxylic acid groups (broad SMARTS) is 1. The van der Waals surface area contributed by atoms with Gasteiger partial charge in [0, 0.05) is 0 Å². The number of carbonyl (C=O) groups is 1. The Balaban J connectivity index is 2.69. The average Bonchev–Trinajstić information content (AvgIpc) is 2.25. The predicted molar refractivity (Wildman–Crippen MR) is 38.5 cm³/mol. The predicted octanol–water partition coefficient (Wildman–Crippen LogP) is -0.417. The molecule has 12 heavy (non-hydrogen) atoms. The number of hydrogen-bond donors (Lipinski definition) is 2. The van der Waals surface area contributed by atoms with E-state index in [1.807, 2.05) is 0 Å². The van der Waals surface area contributed by atoms with Crippen molar-refractivity contribution < 1.29 is 24.5 Å². The summed E-state index contributed by atoms with van der Waals surface area (Å²) in [7, 11) is 0. The van der Waals surface area contributed by atoms with Crippen LogP contribution in [0.2, 0.25) is 0 Å². The van der Waals surface area contributed by atoms with Crippen molar-refractivity contribution in [3.8, 4) is 0 Å². The molecule has 0 unspecified atom stereocenters. The molecule has 70 valence electrons. The van der Waals surface area contributed by atoms with Crippen molar-refractivity contribution in [3.63, 3.8) is 0 Å². The first-order chi connectivity index (χ1) is 5.46. The van der Waals surface area contributed by atoms with Gasteiger partial charge in [-0.3, -0.25) is 0 Å². The molecule has 2 atom stereocenters. The molecule has 1 aliphatic rings. The van der Waals surface area contributed by atoms with Crippen LogP contribution in [0.4, 0.5) is 0 Å². The summed E-state index contributed by atoms with van der Waals surface area (Å²) in [6.45, 7) is 2.87. The molecule has 0 bridgehead atoms. The monoisotopic (exact) mass is 176 g/mol. The van der Waals surface area contributed by atoms with Crippen LogP contribution in [0, 0.1) is 0 Å².